The van der Waals surface area contributed by atoms with Gasteiger partial charge in [-0.05, 0) is 23.6 Å². The fraction of sp³-hybridized carbons (Fsp3) is 0.500. The molecule has 2 N–H and O–H groups in total. The number of carbonyl (C=O) groups is 3. The summed E-state index contributed by atoms with van der Waals surface area (Å²) in [5, 5.41) is 11.6. The predicted molar refractivity (Wildman–Crippen MR) is 89.4 cm³/mol. The Morgan fingerprint density at radius 1 is 1.33 bits per heavy atom. The van der Waals surface area contributed by atoms with Crippen molar-refractivity contribution in [2.75, 3.05) is 6.54 Å². The minimum Gasteiger partial charge on any atom is -0.480 e. The summed E-state index contributed by atoms with van der Waals surface area (Å²) in [5.74, 6) is -3.13. The third-order valence-electron chi connectivity index (χ3n) is 4.44. The summed E-state index contributed by atoms with van der Waals surface area (Å²) in [4.78, 5) is 36.9. The van der Waals surface area contributed by atoms with Crippen LogP contribution < -0.4 is 5.32 Å². The molecule has 1 saturated heterocycles. The molecule has 0 bridgehead atoms. The minimum absolute atomic E-state index is 0.0331. The average Bonchev–Trinajstić information content (AvgIpc) is 2.92. The summed E-state index contributed by atoms with van der Waals surface area (Å²) < 4.78 is 38.4. The largest absolute Gasteiger partial charge is 0.480 e. The number of aliphatic carboxylic acids is 1. The van der Waals surface area contributed by atoms with Gasteiger partial charge in [-0.2, -0.15) is 13.2 Å². The van der Waals surface area contributed by atoms with E-state index in [1.54, 1.807) is 13.8 Å². The van der Waals surface area contributed by atoms with Gasteiger partial charge in [0.2, 0.25) is 11.8 Å². The minimum atomic E-state index is -4.48. The van der Waals surface area contributed by atoms with Crippen molar-refractivity contribution in [3.8, 4) is 0 Å². The highest BCUT2D eigenvalue weighted by Crippen LogP contribution is 2.30. The molecule has 1 aliphatic rings. The van der Waals surface area contributed by atoms with Crippen LogP contribution in [-0.4, -0.2) is 40.4 Å². The van der Waals surface area contributed by atoms with Gasteiger partial charge in [-0.25, -0.2) is 4.79 Å². The van der Waals surface area contributed by atoms with E-state index in [2.05, 4.69) is 5.32 Å². The van der Waals surface area contributed by atoms with E-state index in [0.29, 0.717) is 5.56 Å². The fourth-order valence-electron chi connectivity index (χ4n) is 2.95. The number of amides is 2. The summed E-state index contributed by atoms with van der Waals surface area (Å²) in [6.07, 6.45) is -4.58. The molecule has 2 rings (SSSR count). The molecule has 2 atom stereocenters. The van der Waals surface area contributed by atoms with Crippen LogP contribution in [0.25, 0.3) is 0 Å². The molecule has 148 valence electrons. The van der Waals surface area contributed by atoms with E-state index in [0.717, 1.165) is 12.1 Å². The van der Waals surface area contributed by atoms with Gasteiger partial charge in [0, 0.05) is 19.5 Å². The Morgan fingerprint density at radius 2 is 2.00 bits per heavy atom. The van der Waals surface area contributed by atoms with E-state index in [4.69, 9.17) is 5.11 Å². The van der Waals surface area contributed by atoms with E-state index in [-0.39, 0.29) is 31.3 Å². The number of rotatable bonds is 6. The number of nitrogens with one attached hydrogen (secondary N) is 1. The van der Waals surface area contributed by atoms with Gasteiger partial charge in [-0.15, -0.1) is 0 Å². The van der Waals surface area contributed by atoms with Crippen LogP contribution in [0.15, 0.2) is 24.3 Å². The van der Waals surface area contributed by atoms with Crippen molar-refractivity contribution in [2.45, 2.75) is 39.0 Å². The number of nitrogens with zero attached hydrogens (tertiary/aromatic N) is 1. The topological polar surface area (TPSA) is 86.7 Å². The maximum absolute atomic E-state index is 12.8. The first-order chi connectivity index (χ1) is 12.5. The van der Waals surface area contributed by atoms with E-state index in [1.807, 2.05) is 0 Å². The van der Waals surface area contributed by atoms with Crippen LogP contribution in [0.4, 0.5) is 13.2 Å². The summed E-state index contributed by atoms with van der Waals surface area (Å²) in [7, 11) is 0. The fourth-order valence-corrected chi connectivity index (χ4v) is 2.95. The quantitative estimate of drug-likeness (QED) is 0.785. The number of carboxylic acids is 1. The smallest absolute Gasteiger partial charge is 0.416 e. The van der Waals surface area contributed by atoms with Gasteiger partial charge in [0.1, 0.15) is 6.04 Å². The number of benzene rings is 1. The first-order valence-corrected chi connectivity index (χ1v) is 8.46. The molecule has 6 nitrogen and oxygen atoms in total. The van der Waals surface area contributed by atoms with Crippen molar-refractivity contribution in [1.82, 2.24) is 10.2 Å². The van der Waals surface area contributed by atoms with Crippen molar-refractivity contribution >= 4 is 17.8 Å². The Morgan fingerprint density at radius 3 is 2.56 bits per heavy atom. The first-order valence-electron chi connectivity index (χ1n) is 8.46. The molecule has 1 heterocycles. The van der Waals surface area contributed by atoms with Gasteiger partial charge < -0.3 is 15.3 Å². The zero-order valence-electron chi connectivity index (χ0n) is 14.9. The van der Waals surface area contributed by atoms with E-state index in [9.17, 15) is 27.6 Å². The van der Waals surface area contributed by atoms with Crippen LogP contribution in [0, 0.1) is 11.8 Å². The number of carboxylic acid groups (broad SMARTS) is 1. The molecule has 1 aromatic rings. The maximum Gasteiger partial charge on any atom is 0.416 e. The molecule has 27 heavy (non-hydrogen) atoms. The Bertz CT molecular complexity index is 734. The zero-order chi connectivity index (χ0) is 20.4. The molecule has 0 spiro atoms. The Labute approximate surface area is 154 Å². The van der Waals surface area contributed by atoms with Gasteiger partial charge in [0.15, 0.2) is 0 Å². The molecule has 9 heteroatoms. The van der Waals surface area contributed by atoms with Crippen molar-refractivity contribution < 1.29 is 32.7 Å². The molecular formula is C18H21F3N2O4. The molecule has 0 aliphatic carbocycles. The van der Waals surface area contributed by atoms with Gasteiger partial charge in [-0.3, -0.25) is 9.59 Å². The lowest BCUT2D eigenvalue weighted by atomic mass is 10.0. The zero-order valence-corrected chi connectivity index (χ0v) is 14.9. The summed E-state index contributed by atoms with van der Waals surface area (Å²) >= 11 is 0. The molecule has 0 aromatic heterocycles. The molecule has 1 aliphatic heterocycles. The lowest BCUT2D eigenvalue weighted by Crippen LogP contribution is -2.47. The molecule has 0 radical (unpaired) electrons. The monoisotopic (exact) mass is 386 g/mol. The van der Waals surface area contributed by atoms with Gasteiger partial charge >= 0.3 is 12.1 Å². The normalized spacial score (nSPS) is 18.7. The van der Waals surface area contributed by atoms with Crippen LogP contribution in [0.2, 0.25) is 0 Å². The second-order valence-electron chi connectivity index (χ2n) is 6.94. The van der Waals surface area contributed by atoms with Crippen LogP contribution in [-0.2, 0) is 27.1 Å². The third-order valence-corrected chi connectivity index (χ3v) is 4.44. The lowest BCUT2D eigenvalue weighted by molar-refractivity contribution is -0.143. The Balaban J connectivity index is 2.03. The van der Waals surface area contributed by atoms with Crippen LogP contribution >= 0.6 is 0 Å². The molecule has 1 fully saturated rings. The molecule has 2 amide bonds. The van der Waals surface area contributed by atoms with Crippen LogP contribution in [0.1, 0.15) is 31.4 Å². The van der Waals surface area contributed by atoms with Crippen LogP contribution in [0.3, 0.4) is 0 Å². The van der Waals surface area contributed by atoms with Gasteiger partial charge in [0.25, 0.3) is 0 Å². The maximum atomic E-state index is 12.8. The molecular weight excluding hydrogens is 365 g/mol. The van der Waals surface area contributed by atoms with Crippen molar-refractivity contribution in [2.24, 2.45) is 11.8 Å². The first kappa shape index (κ1) is 20.7. The summed E-state index contributed by atoms with van der Waals surface area (Å²) in [5.41, 5.74) is -0.494. The van der Waals surface area contributed by atoms with E-state index in [1.165, 1.54) is 17.0 Å². The van der Waals surface area contributed by atoms with Crippen molar-refractivity contribution in [3.05, 3.63) is 35.4 Å². The predicted octanol–water partition coefficient (Wildman–Crippen LogP) is 2.28. The Hall–Kier alpha value is -2.58. The second-order valence-corrected chi connectivity index (χ2v) is 6.94. The van der Waals surface area contributed by atoms with Crippen molar-refractivity contribution in [1.29, 1.82) is 0 Å². The number of likely N-dealkylation sites (tertiary alicyclic amines) is 1. The number of alkyl halides is 3. The second kappa shape index (κ2) is 7.98. The number of hydrogen-bond donors (Lipinski definition) is 2. The Kier molecular flexibility index (Phi) is 6.12. The van der Waals surface area contributed by atoms with Crippen LogP contribution in [0.5, 0.6) is 0 Å². The standard InChI is InChI=1S/C18H21F3N2O4/c1-10(2)15(17(26)27)22-16(25)12-7-14(24)23(9-12)8-11-4-3-5-13(6-11)18(19,20)21/h3-6,10,12,15H,7-9H2,1-2H3,(H,22,25)(H,26,27)/t12?,15-/m0/s1. The number of carbonyl (C=O) groups excluding carboxylic acids is 2. The number of hydrogen-bond acceptors (Lipinski definition) is 3. The average molecular weight is 386 g/mol. The van der Waals surface area contributed by atoms with Gasteiger partial charge in [0.05, 0.1) is 11.5 Å². The number of halogens is 3. The highest BCUT2D eigenvalue weighted by atomic mass is 19.4. The molecule has 1 unspecified atom stereocenters. The molecule has 0 saturated carbocycles. The van der Waals surface area contributed by atoms with Crippen molar-refractivity contribution in [3.63, 3.8) is 0 Å². The van der Waals surface area contributed by atoms with E-state index < -0.39 is 35.6 Å². The highest BCUT2D eigenvalue weighted by molar-refractivity contribution is 5.91. The SMILES string of the molecule is CC(C)[C@H](NC(=O)C1CC(=O)N(Cc2cccc(C(F)(F)F)c2)C1)C(=O)O. The lowest BCUT2D eigenvalue weighted by Gasteiger charge is -2.21. The highest BCUT2D eigenvalue weighted by Gasteiger charge is 2.37. The van der Waals surface area contributed by atoms with E-state index >= 15 is 0 Å². The van der Waals surface area contributed by atoms with Gasteiger partial charge in [-0.1, -0.05) is 26.0 Å². The third kappa shape index (κ3) is 5.21. The summed E-state index contributed by atoms with van der Waals surface area (Å²) in [6.45, 7) is 3.29. The summed E-state index contributed by atoms with van der Waals surface area (Å²) in [6, 6.07) is 3.60. The molecule has 1 aromatic carbocycles.